The van der Waals surface area contributed by atoms with Crippen LogP contribution in [0.2, 0.25) is 0 Å². The van der Waals surface area contributed by atoms with Gasteiger partial charge in [0.2, 0.25) is 5.91 Å². The van der Waals surface area contributed by atoms with Crippen molar-refractivity contribution in [1.82, 2.24) is 20.1 Å². The van der Waals surface area contributed by atoms with Gasteiger partial charge in [-0.1, -0.05) is 12.1 Å². The monoisotopic (exact) mass is 403 g/mol. The predicted molar refractivity (Wildman–Crippen MR) is 115 cm³/mol. The van der Waals surface area contributed by atoms with Gasteiger partial charge in [0.15, 0.2) is 0 Å². The molecule has 0 radical (unpaired) electrons. The Morgan fingerprint density at radius 3 is 2.73 bits per heavy atom. The zero-order valence-electron chi connectivity index (χ0n) is 17.2. The Balaban J connectivity index is 1.43. The number of carbonyl (C=O) groups is 2. The minimum absolute atomic E-state index is 0.0386. The van der Waals surface area contributed by atoms with Crippen molar-refractivity contribution in [2.45, 2.75) is 26.7 Å². The van der Waals surface area contributed by atoms with Gasteiger partial charge < -0.3 is 10.2 Å². The lowest BCUT2D eigenvalue weighted by atomic mass is 9.96. The summed E-state index contributed by atoms with van der Waals surface area (Å²) in [5, 5.41) is 10.1. The fourth-order valence-corrected chi connectivity index (χ4v) is 3.75. The van der Waals surface area contributed by atoms with E-state index in [-0.39, 0.29) is 17.7 Å². The number of aryl methyl sites for hydroxylation is 2. The molecule has 1 atom stereocenters. The number of aromatic amines is 1. The second-order valence-corrected chi connectivity index (χ2v) is 7.80. The summed E-state index contributed by atoms with van der Waals surface area (Å²) < 4.78 is 0. The molecule has 2 N–H and O–H groups in total. The van der Waals surface area contributed by atoms with Gasteiger partial charge >= 0.3 is 0 Å². The Morgan fingerprint density at radius 1 is 1.13 bits per heavy atom. The van der Waals surface area contributed by atoms with Crippen molar-refractivity contribution in [3.63, 3.8) is 0 Å². The average molecular weight is 403 g/mol. The second kappa shape index (κ2) is 8.49. The average Bonchev–Trinajstić information content (AvgIpc) is 3.27. The summed E-state index contributed by atoms with van der Waals surface area (Å²) in [5.74, 6) is -0.402. The number of pyridine rings is 1. The largest absolute Gasteiger partial charge is 0.337 e. The third-order valence-corrected chi connectivity index (χ3v) is 5.51. The summed E-state index contributed by atoms with van der Waals surface area (Å²) in [5.41, 5.74) is 4.97. The SMILES string of the molecule is Cc1ccc(C)c(NC(=O)[C@@H]2CCCN(C(=O)c3cc(-c4ccncc4)n[nH]3)C2)c1. The fraction of sp³-hybridized carbons (Fsp3) is 0.304. The van der Waals surface area contributed by atoms with Crippen LogP contribution in [-0.4, -0.2) is 45.0 Å². The molecule has 0 aliphatic carbocycles. The number of hydrogen-bond donors (Lipinski definition) is 2. The second-order valence-electron chi connectivity index (χ2n) is 7.80. The number of hydrogen-bond acceptors (Lipinski definition) is 4. The van der Waals surface area contributed by atoms with Gasteiger partial charge in [-0.15, -0.1) is 0 Å². The zero-order chi connectivity index (χ0) is 21.1. The Bertz CT molecular complexity index is 1060. The maximum atomic E-state index is 13.0. The molecule has 0 unspecified atom stereocenters. The number of piperidine rings is 1. The summed E-state index contributed by atoms with van der Waals surface area (Å²) in [6, 6.07) is 11.4. The number of aromatic nitrogens is 3. The number of nitrogens with one attached hydrogen (secondary N) is 2. The van der Waals surface area contributed by atoms with E-state index in [4.69, 9.17) is 0 Å². The highest BCUT2D eigenvalue weighted by Gasteiger charge is 2.30. The number of benzene rings is 1. The van der Waals surface area contributed by atoms with Crippen LogP contribution in [0.3, 0.4) is 0 Å². The van der Waals surface area contributed by atoms with Crippen molar-refractivity contribution in [3.05, 3.63) is 65.6 Å². The highest BCUT2D eigenvalue weighted by atomic mass is 16.2. The van der Waals surface area contributed by atoms with Crippen molar-refractivity contribution >= 4 is 17.5 Å². The standard InChI is InChI=1S/C23H25N5O2/c1-15-5-6-16(2)19(12-15)25-22(29)18-4-3-11-28(14-18)23(30)21-13-20(26-27-21)17-7-9-24-10-8-17/h5-10,12-13,18H,3-4,11,14H2,1-2H3,(H,25,29)(H,26,27)/t18-/m1/s1. The van der Waals surface area contributed by atoms with Gasteiger partial charge in [-0.2, -0.15) is 5.10 Å². The van der Waals surface area contributed by atoms with Gasteiger partial charge in [0.05, 0.1) is 11.6 Å². The van der Waals surface area contributed by atoms with E-state index in [0.717, 1.165) is 35.2 Å². The minimum Gasteiger partial charge on any atom is -0.337 e. The van der Waals surface area contributed by atoms with Crippen LogP contribution in [-0.2, 0) is 4.79 Å². The van der Waals surface area contributed by atoms with Gasteiger partial charge in [0.25, 0.3) is 5.91 Å². The number of likely N-dealkylation sites (tertiary alicyclic amines) is 1. The van der Waals surface area contributed by atoms with Crippen LogP contribution in [0.5, 0.6) is 0 Å². The lowest BCUT2D eigenvalue weighted by molar-refractivity contribution is -0.121. The van der Waals surface area contributed by atoms with Crippen LogP contribution in [0.15, 0.2) is 48.8 Å². The van der Waals surface area contributed by atoms with E-state index >= 15 is 0 Å². The predicted octanol–water partition coefficient (Wildman–Crippen LogP) is 3.58. The van der Waals surface area contributed by atoms with Crippen molar-refractivity contribution in [2.24, 2.45) is 5.92 Å². The van der Waals surface area contributed by atoms with E-state index in [1.165, 1.54) is 0 Å². The molecule has 1 aliphatic rings. The van der Waals surface area contributed by atoms with Crippen LogP contribution in [0, 0.1) is 19.8 Å². The topological polar surface area (TPSA) is 91.0 Å². The smallest absolute Gasteiger partial charge is 0.271 e. The molecule has 0 saturated carbocycles. The molecular weight excluding hydrogens is 378 g/mol. The molecule has 1 fully saturated rings. The van der Waals surface area contributed by atoms with E-state index in [2.05, 4.69) is 20.5 Å². The highest BCUT2D eigenvalue weighted by molar-refractivity contribution is 5.96. The van der Waals surface area contributed by atoms with Crippen molar-refractivity contribution in [1.29, 1.82) is 0 Å². The molecule has 0 bridgehead atoms. The molecular formula is C23H25N5O2. The van der Waals surface area contributed by atoms with Crippen molar-refractivity contribution in [2.75, 3.05) is 18.4 Å². The molecule has 1 saturated heterocycles. The summed E-state index contributed by atoms with van der Waals surface area (Å²) >= 11 is 0. The molecule has 30 heavy (non-hydrogen) atoms. The van der Waals surface area contributed by atoms with Gasteiger partial charge in [-0.05, 0) is 62.1 Å². The third kappa shape index (κ3) is 4.25. The molecule has 7 heteroatoms. The number of H-pyrrole nitrogens is 1. The number of amides is 2. The molecule has 1 aliphatic heterocycles. The van der Waals surface area contributed by atoms with Crippen LogP contribution >= 0.6 is 0 Å². The van der Waals surface area contributed by atoms with Gasteiger partial charge in [-0.3, -0.25) is 19.7 Å². The summed E-state index contributed by atoms with van der Waals surface area (Å²) in [7, 11) is 0. The van der Waals surface area contributed by atoms with Gasteiger partial charge in [-0.25, -0.2) is 0 Å². The highest BCUT2D eigenvalue weighted by Crippen LogP contribution is 2.23. The van der Waals surface area contributed by atoms with E-state index in [1.54, 1.807) is 23.4 Å². The maximum Gasteiger partial charge on any atom is 0.271 e. The maximum absolute atomic E-state index is 13.0. The molecule has 2 amide bonds. The first-order chi connectivity index (χ1) is 14.5. The van der Waals surface area contributed by atoms with E-state index in [9.17, 15) is 9.59 Å². The number of carbonyl (C=O) groups excluding carboxylic acids is 2. The Morgan fingerprint density at radius 2 is 1.93 bits per heavy atom. The van der Waals surface area contributed by atoms with Crippen LogP contribution in [0.4, 0.5) is 5.69 Å². The first-order valence-corrected chi connectivity index (χ1v) is 10.1. The lowest BCUT2D eigenvalue weighted by Gasteiger charge is -2.31. The molecule has 1 aromatic carbocycles. The van der Waals surface area contributed by atoms with Crippen LogP contribution in [0.25, 0.3) is 11.3 Å². The van der Waals surface area contributed by atoms with E-state index in [0.29, 0.717) is 24.5 Å². The van der Waals surface area contributed by atoms with Gasteiger partial charge in [0.1, 0.15) is 5.69 Å². The quantitative estimate of drug-likeness (QED) is 0.697. The number of nitrogens with zero attached hydrogens (tertiary/aromatic N) is 3. The summed E-state index contributed by atoms with van der Waals surface area (Å²) in [6.07, 6.45) is 4.94. The molecule has 0 spiro atoms. The van der Waals surface area contributed by atoms with Crippen molar-refractivity contribution < 1.29 is 9.59 Å². The first-order valence-electron chi connectivity index (χ1n) is 10.1. The van der Waals surface area contributed by atoms with E-state index in [1.807, 2.05) is 44.2 Å². The molecule has 7 nitrogen and oxygen atoms in total. The lowest BCUT2D eigenvalue weighted by Crippen LogP contribution is -2.44. The Labute approximate surface area is 175 Å². The molecule has 4 rings (SSSR count). The normalized spacial score (nSPS) is 16.3. The fourth-order valence-electron chi connectivity index (χ4n) is 3.75. The Kier molecular flexibility index (Phi) is 5.61. The molecule has 154 valence electrons. The Hall–Kier alpha value is -3.48. The minimum atomic E-state index is -0.231. The van der Waals surface area contributed by atoms with Crippen molar-refractivity contribution in [3.8, 4) is 11.3 Å². The number of rotatable bonds is 4. The first kappa shape index (κ1) is 19.8. The number of anilines is 1. The summed E-state index contributed by atoms with van der Waals surface area (Å²) in [6.45, 7) is 5.01. The molecule has 2 aromatic heterocycles. The van der Waals surface area contributed by atoms with Crippen LogP contribution in [0.1, 0.15) is 34.5 Å². The van der Waals surface area contributed by atoms with E-state index < -0.39 is 0 Å². The molecule has 3 aromatic rings. The third-order valence-electron chi connectivity index (χ3n) is 5.51. The van der Waals surface area contributed by atoms with Gasteiger partial charge in [0, 0.05) is 36.7 Å². The summed E-state index contributed by atoms with van der Waals surface area (Å²) in [4.78, 5) is 31.6. The zero-order valence-corrected chi connectivity index (χ0v) is 17.2. The molecule has 3 heterocycles. The van der Waals surface area contributed by atoms with Crippen LogP contribution < -0.4 is 5.32 Å².